The quantitative estimate of drug-likeness (QED) is 0.194. The summed E-state index contributed by atoms with van der Waals surface area (Å²) in [5, 5.41) is 12.2. The molecule has 2 fully saturated rings. The number of aromatic nitrogens is 4. The molecule has 240 valence electrons. The van der Waals surface area contributed by atoms with E-state index in [0.29, 0.717) is 31.0 Å². The summed E-state index contributed by atoms with van der Waals surface area (Å²) in [6, 6.07) is 15.4. The fourth-order valence-electron chi connectivity index (χ4n) is 6.24. The normalized spacial score (nSPS) is 18.2. The van der Waals surface area contributed by atoms with E-state index in [0.717, 1.165) is 53.0 Å². The van der Waals surface area contributed by atoms with Crippen LogP contribution < -0.4 is 5.32 Å². The minimum Gasteiger partial charge on any atom is -0.465 e. The van der Waals surface area contributed by atoms with Crippen LogP contribution in [-0.2, 0) is 4.74 Å². The number of imidazole rings is 2. The molecule has 4 aromatic rings. The molecule has 46 heavy (non-hydrogen) atoms. The maximum atomic E-state index is 12.8. The first kappa shape index (κ1) is 30.9. The molecule has 0 bridgehead atoms. The Morgan fingerprint density at radius 3 is 2.00 bits per heavy atom. The lowest BCUT2D eigenvalue weighted by Crippen LogP contribution is -2.36. The highest BCUT2D eigenvalue weighted by atomic mass is 16.6. The van der Waals surface area contributed by atoms with Crippen molar-refractivity contribution in [3.8, 4) is 33.6 Å². The summed E-state index contributed by atoms with van der Waals surface area (Å²) in [4.78, 5) is 56.1. The Labute approximate surface area is 267 Å². The molecule has 6 rings (SSSR count). The molecule has 0 saturated carbocycles. The van der Waals surface area contributed by atoms with Crippen LogP contribution in [-0.4, -0.2) is 78.7 Å². The van der Waals surface area contributed by atoms with Gasteiger partial charge in [-0.3, -0.25) is 14.6 Å². The molecule has 4 heterocycles. The number of hydrogen-bond acceptors (Lipinski definition) is 6. The first-order valence-electron chi connectivity index (χ1n) is 15.6. The molecule has 4 N–H and O–H groups in total. The summed E-state index contributed by atoms with van der Waals surface area (Å²) < 4.78 is 5.61. The zero-order valence-corrected chi connectivity index (χ0v) is 26.5. The van der Waals surface area contributed by atoms with Gasteiger partial charge in [0.2, 0.25) is 0 Å². The van der Waals surface area contributed by atoms with Crippen LogP contribution in [0.1, 0.15) is 80.7 Å². The topological polar surface area (TPSA) is 157 Å². The van der Waals surface area contributed by atoms with Crippen LogP contribution in [0.15, 0.2) is 54.7 Å². The fourth-order valence-corrected chi connectivity index (χ4v) is 6.24. The fraction of sp³-hybridized carbons (Fsp3) is 0.382. The molecular weight excluding hydrogens is 586 g/mol. The number of benzene rings is 2. The molecule has 0 unspecified atom stereocenters. The molecule has 12 nitrogen and oxygen atoms in total. The maximum Gasteiger partial charge on any atom is 0.410 e. The van der Waals surface area contributed by atoms with Gasteiger partial charge >= 0.3 is 12.2 Å². The van der Waals surface area contributed by atoms with Crippen molar-refractivity contribution in [2.45, 2.75) is 64.1 Å². The lowest BCUT2D eigenvalue weighted by atomic mass is 10.0. The molecular formula is C34H39N7O5. The van der Waals surface area contributed by atoms with Gasteiger partial charge in [-0.05, 0) is 63.1 Å². The number of carboxylic acid groups (broad SMARTS) is 1. The van der Waals surface area contributed by atoms with Gasteiger partial charge in [0, 0.05) is 25.7 Å². The van der Waals surface area contributed by atoms with E-state index in [9.17, 15) is 19.5 Å². The first-order valence-corrected chi connectivity index (χ1v) is 15.6. The second kappa shape index (κ2) is 12.3. The number of nitrogens with one attached hydrogen (secondary N) is 3. The minimum absolute atomic E-state index is 0.148. The van der Waals surface area contributed by atoms with Gasteiger partial charge in [0.05, 0.1) is 29.7 Å². The summed E-state index contributed by atoms with van der Waals surface area (Å²) in [5.74, 6) is 0.879. The Morgan fingerprint density at radius 2 is 1.41 bits per heavy atom. The smallest absolute Gasteiger partial charge is 0.410 e. The van der Waals surface area contributed by atoms with Crippen molar-refractivity contribution in [1.82, 2.24) is 35.1 Å². The van der Waals surface area contributed by atoms with Crippen LogP contribution in [0.5, 0.6) is 0 Å². The number of amides is 3. The predicted octanol–water partition coefficient (Wildman–Crippen LogP) is 6.38. The number of hydrogen-bond donors (Lipinski definition) is 4. The van der Waals surface area contributed by atoms with Gasteiger partial charge in [-0.15, -0.1) is 0 Å². The molecule has 2 atom stereocenters. The second-order valence-electron chi connectivity index (χ2n) is 12.7. The average molecular weight is 626 g/mol. The monoisotopic (exact) mass is 625 g/mol. The van der Waals surface area contributed by atoms with Gasteiger partial charge in [-0.2, -0.15) is 0 Å². The Bertz CT molecular complexity index is 1740. The van der Waals surface area contributed by atoms with Gasteiger partial charge in [0.15, 0.2) is 5.69 Å². The van der Waals surface area contributed by atoms with Crippen LogP contribution in [0.3, 0.4) is 0 Å². The highest BCUT2D eigenvalue weighted by molar-refractivity contribution is 5.98. The summed E-state index contributed by atoms with van der Waals surface area (Å²) in [5.41, 5.74) is 4.86. The Morgan fingerprint density at radius 1 is 0.848 bits per heavy atom. The van der Waals surface area contributed by atoms with E-state index >= 15 is 0 Å². The van der Waals surface area contributed by atoms with Crippen LogP contribution >= 0.6 is 0 Å². The SMILES string of the molecule is CNC(=O)c1nc([C@@H]2CCCN2C(=O)O)[nH]c1-c1ccc(-c2ccc(-c3cnc([C@@H]4CCCN4C(=O)OC(C)(C)C)[nH]3)cc2)cc1. The van der Waals surface area contributed by atoms with Crippen molar-refractivity contribution < 1.29 is 24.2 Å². The number of H-pyrrole nitrogens is 2. The Kier molecular flexibility index (Phi) is 8.28. The summed E-state index contributed by atoms with van der Waals surface area (Å²) in [6.45, 7) is 6.68. The molecule has 2 saturated heterocycles. The van der Waals surface area contributed by atoms with E-state index in [-0.39, 0.29) is 23.7 Å². The third-order valence-electron chi connectivity index (χ3n) is 8.47. The zero-order chi connectivity index (χ0) is 32.6. The molecule has 2 aliphatic heterocycles. The largest absolute Gasteiger partial charge is 0.465 e. The minimum atomic E-state index is -0.996. The average Bonchev–Trinajstić information content (AvgIpc) is 3.85. The van der Waals surface area contributed by atoms with Crippen molar-refractivity contribution in [1.29, 1.82) is 0 Å². The first-order chi connectivity index (χ1) is 22.0. The van der Waals surface area contributed by atoms with Crippen molar-refractivity contribution in [2.75, 3.05) is 20.1 Å². The van der Waals surface area contributed by atoms with E-state index < -0.39 is 17.7 Å². The second-order valence-corrected chi connectivity index (χ2v) is 12.7. The van der Waals surface area contributed by atoms with Crippen molar-refractivity contribution in [2.24, 2.45) is 0 Å². The van der Waals surface area contributed by atoms with Gasteiger partial charge in [0.25, 0.3) is 5.91 Å². The lowest BCUT2D eigenvalue weighted by Gasteiger charge is -2.27. The molecule has 2 aromatic heterocycles. The van der Waals surface area contributed by atoms with Gasteiger partial charge in [0.1, 0.15) is 17.2 Å². The molecule has 12 heteroatoms. The number of aromatic amines is 2. The number of nitrogens with zero attached hydrogens (tertiary/aromatic N) is 4. The number of carbonyl (C=O) groups excluding carboxylic acids is 2. The summed E-state index contributed by atoms with van der Waals surface area (Å²) >= 11 is 0. The standard InChI is InChI=1S/C34H39N7O5/c1-34(2,3)46-33(45)41-18-6-7-25(41)29-36-19-24(37-29)22-13-9-20(10-14-22)21-11-15-23(16-12-21)27-28(31(42)35-4)39-30(38-27)26-8-5-17-40(26)32(43)44/h9-16,19,25-26H,5-8,17-18H2,1-4H3,(H,35,42)(H,36,37)(H,38,39)(H,43,44)/t25-,26-/m0/s1. The third kappa shape index (κ3) is 6.19. The van der Waals surface area contributed by atoms with Crippen LogP contribution in [0.2, 0.25) is 0 Å². The van der Waals surface area contributed by atoms with Crippen molar-refractivity contribution in [3.05, 3.63) is 72.1 Å². The van der Waals surface area contributed by atoms with Crippen molar-refractivity contribution in [3.63, 3.8) is 0 Å². The van der Waals surface area contributed by atoms with Gasteiger partial charge in [-0.25, -0.2) is 19.6 Å². The molecule has 0 radical (unpaired) electrons. The Hall–Kier alpha value is -5.13. The van der Waals surface area contributed by atoms with Crippen LogP contribution in [0.25, 0.3) is 33.6 Å². The van der Waals surface area contributed by atoms with Crippen LogP contribution in [0, 0.1) is 0 Å². The van der Waals surface area contributed by atoms with Gasteiger partial charge < -0.3 is 25.1 Å². The van der Waals surface area contributed by atoms with E-state index in [1.165, 1.54) is 4.90 Å². The number of likely N-dealkylation sites (tertiary alicyclic amines) is 2. The van der Waals surface area contributed by atoms with Gasteiger partial charge in [-0.1, -0.05) is 48.5 Å². The van der Waals surface area contributed by atoms with E-state index in [1.807, 2.05) is 69.3 Å². The molecule has 0 aliphatic carbocycles. The van der Waals surface area contributed by atoms with E-state index in [4.69, 9.17) is 4.74 Å². The molecule has 2 aliphatic rings. The van der Waals surface area contributed by atoms with Crippen LogP contribution in [0.4, 0.5) is 9.59 Å². The number of rotatable bonds is 6. The molecule has 0 spiro atoms. The lowest BCUT2D eigenvalue weighted by molar-refractivity contribution is 0.0218. The summed E-state index contributed by atoms with van der Waals surface area (Å²) in [6.07, 6.45) is 3.59. The highest BCUT2D eigenvalue weighted by Crippen LogP contribution is 2.35. The Balaban J connectivity index is 1.19. The number of ether oxygens (including phenoxy) is 1. The van der Waals surface area contributed by atoms with Crippen molar-refractivity contribution >= 4 is 18.1 Å². The number of carbonyl (C=O) groups is 3. The third-order valence-corrected chi connectivity index (χ3v) is 8.47. The van der Waals surface area contributed by atoms with E-state index in [2.05, 4.69) is 25.3 Å². The molecule has 3 amide bonds. The predicted molar refractivity (Wildman–Crippen MR) is 172 cm³/mol. The van der Waals surface area contributed by atoms with E-state index in [1.54, 1.807) is 18.1 Å². The summed E-state index contributed by atoms with van der Waals surface area (Å²) in [7, 11) is 1.55. The maximum absolute atomic E-state index is 12.8. The molecule has 2 aromatic carbocycles. The highest BCUT2D eigenvalue weighted by Gasteiger charge is 2.35. The zero-order valence-electron chi connectivity index (χ0n) is 26.5.